The van der Waals surface area contributed by atoms with Gasteiger partial charge in [-0.2, -0.15) is 0 Å². The third-order valence-electron chi connectivity index (χ3n) is 2.63. The van der Waals surface area contributed by atoms with E-state index in [1.807, 2.05) is 13.8 Å². The Balaban J connectivity index is 2.14. The van der Waals surface area contributed by atoms with Crippen LogP contribution >= 0.6 is 11.6 Å². The highest BCUT2D eigenvalue weighted by atomic mass is 35.5. The summed E-state index contributed by atoms with van der Waals surface area (Å²) in [5.41, 5.74) is 1.49. The van der Waals surface area contributed by atoms with Gasteiger partial charge in [-0.25, -0.2) is 4.39 Å². The first kappa shape index (κ1) is 15.3. The van der Waals surface area contributed by atoms with Gasteiger partial charge in [-0.15, -0.1) is 0 Å². The zero-order valence-electron chi connectivity index (χ0n) is 11.7. The average Bonchev–Trinajstić information content (AvgIpc) is 2.42. The number of hydrogen-bond donors (Lipinski definition) is 2. The standard InChI is InChI=1S/C15H15ClFN3O/c1-9(2)19-11-5-6-18-14(8-11)15(21)20-10-3-4-13(17)12(16)7-10/h3-9H,1-2H3,(H,18,19)(H,20,21). The number of aromatic nitrogens is 1. The van der Waals surface area contributed by atoms with E-state index in [2.05, 4.69) is 15.6 Å². The van der Waals surface area contributed by atoms with E-state index < -0.39 is 5.82 Å². The number of benzene rings is 1. The first-order valence-electron chi connectivity index (χ1n) is 6.44. The SMILES string of the molecule is CC(C)Nc1ccnc(C(=O)Nc2ccc(F)c(Cl)c2)c1. The minimum absolute atomic E-state index is 0.0454. The van der Waals surface area contributed by atoms with E-state index in [1.165, 1.54) is 18.2 Å². The maximum absolute atomic E-state index is 13.1. The zero-order chi connectivity index (χ0) is 15.4. The second kappa shape index (κ2) is 6.54. The van der Waals surface area contributed by atoms with Crippen molar-refractivity contribution in [2.24, 2.45) is 0 Å². The molecule has 0 aliphatic carbocycles. The molecule has 21 heavy (non-hydrogen) atoms. The molecule has 6 heteroatoms. The summed E-state index contributed by atoms with van der Waals surface area (Å²) in [5, 5.41) is 5.77. The Bertz CT molecular complexity index is 661. The van der Waals surface area contributed by atoms with E-state index in [1.54, 1.807) is 18.3 Å². The third kappa shape index (κ3) is 4.16. The number of amides is 1. The molecule has 2 N–H and O–H groups in total. The van der Waals surface area contributed by atoms with Crippen molar-refractivity contribution in [1.82, 2.24) is 4.98 Å². The van der Waals surface area contributed by atoms with Crippen molar-refractivity contribution in [3.63, 3.8) is 0 Å². The van der Waals surface area contributed by atoms with Crippen LogP contribution < -0.4 is 10.6 Å². The molecule has 0 unspecified atom stereocenters. The second-order valence-electron chi connectivity index (χ2n) is 4.81. The van der Waals surface area contributed by atoms with Crippen LogP contribution in [0.15, 0.2) is 36.5 Å². The molecule has 0 saturated heterocycles. The van der Waals surface area contributed by atoms with Crippen molar-refractivity contribution >= 4 is 28.9 Å². The van der Waals surface area contributed by atoms with Gasteiger partial charge in [-0.1, -0.05) is 11.6 Å². The van der Waals surface area contributed by atoms with Gasteiger partial charge in [0, 0.05) is 23.6 Å². The van der Waals surface area contributed by atoms with E-state index in [0.717, 1.165) is 5.69 Å². The summed E-state index contributed by atoms with van der Waals surface area (Å²) in [7, 11) is 0. The van der Waals surface area contributed by atoms with Crippen LogP contribution in [0.25, 0.3) is 0 Å². The van der Waals surface area contributed by atoms with Crippen LogP contribution in [-0.4, -0.2) is 16.9 Å². The largest absolute Gasteiger partial charge is 0.383 e. The molecule has 0 aliphatic heterocycles. The maximum atomic E-state index is 13.1. The number of pyridine rings is 1. The van der Waals surface area contributed by atoms with Gasteiger partial charge < -0.3 is 10.6 Å². The summed E-state index contributed by atoms with van der Waals surface area (Å²) in [4.78, 5) is 16.1. The van der Waals surface area contributed by atoms with Gasteiger partial charge >= 0.3 is 0 Å². The van der Waals surface area contributed by atoms with Gasteiger partial charge in [-0.3, -0.25) is 9.78 Å². The van der Waals surface area contributed by atoms with Crippen LogP contribution in [0.1, 0.15) is 24.3 Å². The van der Waals surface area contributed by atoms with Crippen LogP contribution in [0.4, 0.5) is 15.8 Å². The molecule has 0 spiro atoms. The molecule has 2 aromatic rings. The fourth-order valence-corrected chi connectivity index (χ4v) is 1.93. The lowest BCUT2D eigenvalue weighted by Gasteiger charge is -2.11. The number of hydrogen-bond acceptors (Lipinski definition) is 3. The molecular formula is C15H15ClFN3O. The van der Waals surface area contributed by atoms with Crippen molar-refractivity contribution in [2.45, 2.75) is 19.9 Å². The molecule has 0 saturated carbocycles. The molecule has 0 bridgehead atoms. The quantitative estimate of drug-likeness (QED) is 0.899. The second-order valence-corrected chi connectivity index (χ2v) is 5.22. The first-order chi connectivity index (χ1) is 9.95. The molecule has 1 aromatic carbocycles. The van der Waals surface area contributed by atoms with Gasteiger partial charge in [0.25, 0.3) is 5.91 Å². The molecule has 4 nitrogen and oxygen atoms in total. The fraction of sp³-hybridized carbons (Fsp3) is 0.200. The minimum atomic E-state index is -0.532. The average molecular weight is 308 g/mol. The maximum Gasteiger partial charge on any atom is 0.274 e. The van der Waals surface area contributed by atoms with Crippen molar-refractivity contribution in [3.05, 3.63) is 53.1 Å². The predicted molar refractivity (Wildman–Crippen MR) is 82.4 cm³/mol. The smallest absolute Gasteiger partial charge is 0.274 e. The van der Waals surface area contributed by atoms with Crippen LogP contribution in [0.5, 0.6) is 0 Å². The highest BCUT2D eigenvalue weighted by Gasteiger charge is 2.10. The Kier molecular flexibility index (Phi) is 4.75. The summed E-state index contributed by atoms with van der Waals surface area (Å²) in [5.74, 6) is -0.916. The normalized spacial score (nSPS) is 10.5. The third-order valence-corrected chi connectivity index (χ3v) is 2.92. The number of nitrogens with zero attached hydrogens (tertiary/aromatic N) is 1. The van der Waals surface area contributed by atoms with Gasteiger partial charge in [-0.05, 0) is 44.2 Å². The first-order valence-corrected chi connectivity index (χ1v) is 6.82. The van der Waals surface area contributed by atoms with Gasteiger partial charge in [0.05, 0.1) is 5.02 Å². The monoisotopic (exact) mass is 307 g/mol. The molecule has 1 heterocycles. The lowest BCUT2D eigenvalue weighted by molar-refractivity contribution is 0.102. The summed E-state index contributed by atoms with van der Waals surface area (Å²) >= 11 is 5.67. The number of carbonyl (C=O) groups excluding carboxylic acids is 1. The molecule has 2 rings (SSSR count). The van der Waals surface area contributed by atoms with Crippen molar-refractivity contribution in [2.75, 3.05) is 10.6 Å². The van der Waals surface area contributed by atoms with Crippen molar-refractivity contribution in [1.29, 1.82) is 0 Å². The number of carbonyl (C=O) groups is 1. The van der Waals surface area contributed by atoms with E-state index in [9.17, 15) is 9.18 Å². The molecule has 1 amide bonds. The Morgan fingerprint density at radius 3 is 2.67 bits per heavy atom. The molecule has 0 radical (unpaired) electrons. The highest BCUT2D eigenvalue weighted by Crippen LogP contribution is 2.20. The molecule has 1 aromatic heterocycles. The Labute approximate surface area is 127 Å². The Morgan fingerprint density at radius 1 is 1.24 bits per heavy atom. The van der Waals surface area contributed by atoms with E-state index in [4.69, 9.17) is 11.6 Å². The molecule has 0 atom stereocenters. The van der Waals surface area contributed by atoms with Crippen LogP contribution in [0.3, 0.4) is 0 Å². The van der Waals surface area contributed by atoms with Gasteiger partial charge in [0.2, 0.25) is 0 Å². The van der Waals surface area contributed by atoms with Crippen molar-refractivity contribution < 1.29 is 9.18 Å². The number of anilines is 2. The fourth-order valence-electron chi connectivity index (χ4n) is 1.75. The Morgan fingerprint density at radius 2 is 2.00 bits per heavy atom. The van der Waals surface area contributed by atoms with E-state index in [0.29, 0.717) is 5.69 Å². The molecule has 0 aliphatic rings. The molecule has 110 valence electrons. The number of halogens is 2. The molecular weight excluding hydrogens is 293 g/mol. The summed E-state index contributed by atoms with van der Waals surface area (Å²) in [6.45, 7) is 4.00. The summed E-state index contributed by atoms with van der Waals surface area (Å²) in [6, 6.07) is 7.67. The molecule has 0 fully saturated rings. The minimum Gasteiger partial charge on any atom is -0.383 e. The number of rotatable bonds is 4. The zero-order valence-corrected chi connectivity index (χ0v) is 12.4. The van der Waals surface area contributed by atoms with Crippen LogP contribution in [-0.2, 0) is 0 Å². The van der Waals surface area contributed by atoms with Crippen LogP contribution in [0.2, 0.25) is 5.02 Å². The van der Waals surface area contributed by atoms with Crippen LogP contribution in [0, 0.1) is 5.82 Å². The predicted octanol–water partition coefficient (Wildman–Crippen LogP) is 3.95. The van der Waals surface area contributed by atoms with Crippen molar-refractivity contribution in [3.8, 4) is 0 Å². The Hall–Kier alpha value is -2.14. The van der Waals surface area contributed by atoms with Gasteiger partial charge in [0.1, 0.15) is 11.5 Å². The van der Waals surface area contributed by atoms with E-state index >= 15 is 0 Å². The number of nitrogens with one attached hydrogen (secondary N) is 2. The van der Waals surface area contributed by atoms with E-state index in [-0.39, 0.29) is 22.7 Å². The highest BCUT2D eigenvalue weighted by molar-refractivity contribution is 6.31. The summed E-state index contributed by atoms with van der Waals surface area (Å²) < 4.78 is 13.1. The van der Waals surface area contributed by atoms with Gasteiger partial charge in [0.15, 0.2) is 0 Å². The lowest BCUT2D eigenvalue weighted by Crippen LogP contribution is -2.15. The topological polar surface area (TPSA) is 54.0 Å². The summed E-state index contributed by atoms with van der Waals surface area (Å²) in [6.07, 6.45) is 1.55. The lowest BCUT2D eigenvalue weighted by atomic mass is 10.2.